The van der Waals surface area contributed by atoms with Crippen LogP contribution in [0.1, 0.15) is 12.5 Å². The third kappa shape index (κ3) is 2.21. The molecule has 0 atom stereocenters. The molecule has 8 heteroatoms. The lowest BCUT2D eigenvalue weighted by Crippen LogP contribution is -2.33. The molecule has 0 aliphatic carbocycles. The van der Waals surface area contributed by atoms with Crippen LogP contribution in [0.25, 0.3) is 0 Å². The maximum Gasteiger partial charge on any atom is 0.200 e. The molecule has 0 unspecified atom stereocenters. The van der Waals surface area contributed by atoms with E-state index in [2.05, 4.69) is 4.99 Å². The van der Waals surface area contributed by atoms with Crippen LogP contribution in [0, 0.1) is 29.1 Å². The number of hydrogen-bond donors (Lipinski definition) is 2. The Bertz CT molecular complexity index is 443. The van der Waals surface area contributed by atoms with Gasteiger partial charge in [0.15, 0.2) is 23.3 Å². The highest BCUT2D eigenvalue weighted by Gasteiger charge is 2.28. The predicted octanol–water partition coefficient (Wildman–Crippen LogP) is 1.61. The maximum absolute atomic E-state index is 13.3. The van der Waals surface area contributed by atoms with Crippen molar-refractivity contribution in [1.29, 1.82) is 0 Å². The Balaban J connectivity index is 3.59. The first kappa shape index (κ1) is 13.4. The van der Waals surface area contributed by atoms with Crippen LogP contribution < -0.4 is 11.3 Å². The summed E-state index contributed by atoms with van der Waals surface area (Å²) in [6.45, 7) is 1.56. The van der Waals surface area contributed by atoms with E-state index in [9.17, 15) is 22.0 Å². The Labute approximate surface area is 93.1 Å². The standard InChI is InChI=1S/C9H8F5N3/c1-2-16-9(17-15)3-4(10)6(12)8(14)7(13)5(3)11/h2,15H2,1H3,(H,16,17). The SMILES string of the molecule is CCN=C(NN)c1c(F)c(F)c(F)c(F)c1F. The number of amidine groups is 1. The van der Waals surface area contributed by atoms with E-state index >= 15 is 0 Å². The number of aliphatic imine (C=N–C) groups is 1. The van der Waals surface area contributed by atoms with Gasteiger partial charge in [0.1, 0.15) is 5.84 Å². The van der Waals surface area contributed by atoms with Gasteiger partial charge in [-0.25, -0.2) is 27.8 Å². The Morgan fingerprint density at radius 2 is 1.41 bits per heavy atom. The molecule has 1 rings (SSSR count). The van der Waals surface area contributed by atoms with Gasteiger partial charge < -0.3 is 5.43 Å². The van der Waals surface area contributed by atoms with Crippen molar-refractivity contribution in [3.63, 3.8) is 0 Å². The maximum atomic E-state index is 13.3. The van der Waals surface area contributed by atoms with Crippen molar-refractivity contribution < 1.29 is 22.0 Å². The normalized spacial score (nSPS) is 11.8. The predicted molar refractivity (Wildman–Crippen MR) is 50.6 cm³/mol. The number of nitrogens with one attached hydrogen (secondary N) is 1. The highest BCUT2D eigenvalue weighted by molar-refractivity contribution is 5.98. The van der Waals surface area contributed by atoms with Gasteiger partial charge in [-0.3, -0.25) is 4.99 Å². The summed E-state index contributed by atoms with van der Waals surface area (Å²) in [5.74, 6) is -5.97. The lowest BCUT2D eigenvalue weighted by molar-refractivity contribution is 0.376. The van der Waals surface area contributed by atoms with Gasteiger partial charge in [-0.2, -0.15) is 0 Å². The molecule has 0 aromatic heterocycles. The molecular formula is C9H8F5N3. The Morgan fingerprint density at radius 1 is 1.00 bits per heavy atom. The van der Waals surface area contributed by atoms with Gasteiger partial charge in [0.2, 0.25) is 5.82 Å². The van der Waals surface area contributed by atoms with Gasteiger partial charge in [0, 0.05) is 6.54 Å². The van der Waals surface area contributed by atoms with E-state index in [1.54, 1.807) is 5.43 Å². The largest absolute Gasteiger partial charge is 0.308 e. The zero-order valence-corrected chi connectivity index (χ0v) is 8.62. The van der Waals surface area contributed by atoms with Gasteiger partial charge >= 0.3 is 0 Å². The minimum Gasteiger partial charge on any atom is -0.308 e. The quantitative estimate of drug-likeness (QED) is 0.160. The Morgan fingerprint density at radius 3 is 1.76 bits per heavy atom. The van der Waals surface area contributed by atoms with Crippen LogP contribution in [0.4, 0.5) is 22.0 Å². The van der Waals surface area contributed by atoms with Gasteiger partial charge in [-0.05, 0) is 6.92 Å². The van der Waals surface area contributed by atoms with Crippen molar-refractivity contribution in [3.05, 3.63) is 34.6 Å². The minimum atomic E-state index is -2.23. The van der Waals surface area contributed by atoms with E-state index in [1.807, 2.05) is 0 Å². The first-order valence-electron chi connectivity index (χ1n) is 4.48. The van der Waals surface area contributed by atoms with E-state index in [1.165, 1.54) is 6.92 Å². The fourth-order valence-electron chi connectivity index (χ4n) is 1.17. The van der Waals surface area contributed by atoms with E-state index in [4.69, 9.17) is 5.84 Å². The summed E-state index contributed by atoms with van der Waals surface area (Å²) in [7, 11) is 0. The van der Waals surface area contributed by atoms with Crippen LogP contribution >= 0.6 is 0 Å². The number of benzene rings is 1. The molecule has 3 nitrogen and oxygen atoms in total. The molecule has 0 aliphatic heterocycles. The summed E-state index contributed by atoms with van der Waals surface area (Å²) in [6.07, 6.45) is 0. The molecule has 0 amide bonds. The Hall–Kier alpha value is -1.70. The van der Waals surface area contributed by atoms with Crippen LogP contribution in [-0.2, 0) is 0 Å². The van der Waals surface area contributed by atoms with E-state index in [0.29, 0.717) is 0 Å². The summed E-state index contributed by atoms with van der Waals surface area (Å²) < 4.78 is 65.0. The molecule has 3 N–H and O–H groups in total. The van der Waals surface area contributed by atoms with Crippen molar-refractivity contribution >= 4 is 5.84 Å². The van der Waals surface area contributed by atoms with Crippen LogP contribution in [0.5, 0.6) is 0 Å². The third-order valence-electron chi connectivity index (χ3n) is 1.90. The highest BCUT2D eigenvalue weighted by Crippen LogP contribution is 2.22. The molecule has 17 heavy (non-hydrogen) atoms. The Kier molecular flexibility index (Phi) is 4.00. The topological polar surface area (TPSA) is 50.4 Å². The minimum absolute atomic E-state index is 0.0546. The number of hydrazine groups is 1. The summed E-state index contributed by atoms with van der Waals surface area (Å²) in [4.78, 5) is 3.49. The summed E-state index contributed by atoms with van der Waals surface area (Å²) in [5.41, 5.74) is 0.614. The molecule has 0 saturated carbocycles. The fraction of sp³-hybridized carbons (Fsp3) is 0.222. The first-order chi connectivity index (χ1) is 7.95. The van der Waals surface area contributed by atoms with Crippen molar-refractivity contribution in [3.8, 4) is 0 Å². The molecule has 0 fully saturated rings. The number of halogens is 5. The van der Waals surface area contributed by atoms with Crippen LogP contribution in [0.3, 0.4) is 0 Å². The van der Waals surface area contributed by atoms with Gasteiger partial charge in [0.05, 0.1) is 5.56 Å². The lowest BCUT2D eigenvalue weighted by atomic mass is 10.1. The average Bonchev–Trinajstić information content (AvgIpc) is 2.33. The number of hydrogen-bond acceptors (Lipinski definition) is 2. The molecule has 0 bridgehead atoms. The lowest BCUT2D eigenvalue weighted by Gasteiger charge is -2.10. The molecule has 1 aromatic carbocycles. The molecule has 1 aromatic rings. The molecule has 94 valence electrons. The highest BCUT2D eigenvalue weighted by atomic mass is 19.2. The van der Waals surface area contributed by atoms with Crippen LogP contribution in [0.2, 0.25) is 0 Å². The molecule has 0 radical (unpaired) electrons. The smallest absolute Gasteiger partial charge is 0.200 e. The van der Waals surface area contributed by atoms with E-state index in [0.717, 1.165) is 0 Å². The van der Waals surface area contributed by atoms with Crippen molar-refractivity contribution in [2.45, 2.75) is 6.92 Å². The molecular weight excluding hydrogens is 245 g/mol. The zero-order valence-electron chi connectivity index (χ0n) is 8.62. The van der Waals surface area contributed by atoms with Crippen molar-refractivity contribution in [2.24, 2.45) is 10.8 Å². The van der Waals surface area contributed by atoms with Crippen LogP contribution in [0.15, 0.2) is 4.99 Å². The van der Waals surface area contributed by atoms with Gasteiger partial charge in [-0.15, -0.1) is 0 Å². The number of nitrogens with zero attached hydrogens (tertiary/aromatic N) is 1. The van der Waals surface area contributed by atoms with Crippen molar-refractivity contribution in [1.82, 2.24) is 5.43 Å². The van der Waals surface area contributed by atoms with Crippen LogP contribution in [-0.4, -0.2) is 12.4 Å². The number of nitrogens with two attached hydrogens (primary N) is 1. The molecule has 0 aliphatic rings. The number of rotatable bonds is 2. The zero-order chi connectivity index (χ0) is 13.2. The second-order valence-corrected chi connectivity index (χ2v) is 2.91. The molecule has 0 heterocycles. The van der Waals surface area contributed by atoms with Crippen molar-refractivity contribution in [2.75, 3.05) is 6.54 Å². The molecule has 0 spiro atoms. The van der Waals surface area contributed by atoms with E-state index in [-0.39, 0.29) is 6.54 Å². The monoisotopic (exact) mass is 253 g/mol. The summed E-state index contributed by atoms with van der Waals surface area (Å²) >= 11 is 0. The van der Waals surface area contributed by atoms with Gasteiger partial charge in [-0.1, -0.05) is 0 Å². The first-order valence-corrected chi connectivity index (χ1v) is 4.48. The van der Waals surface area contributed by atoms with E-state index < -0.39 is 40.5 Å². The third-order valence-corrected chi connectivity index (χ3v) is 1.90. The van der Waals surface area contributed by atoms with Gasteiger partial charge in [0.25, 0.3) is 0 Å². The summed E-state index contributed by atoms with van der Waals surface area (Å²) in [5, 5.41) is 0. The average molecular weight is 253 g/mol. The fourth-order valence-corrected chi connectivity index (χ4v) is 1.17. The summed E-state index contributed by atoms with van der Waals surface area (Å²) in [6, 6.07) is 0. The second-order valence-electron chi connectivity index (χ2n) is 2.91. The second kappa shape index (κ2) is 5.09. The molecule has 0 saturated heterocycles.